The largest absolute Gasteiger partial charge is 0.472 e. The first-order valence-electron chi connectivity index (χ1n) is 47.1. The fraction of sp³-hybridized carbons (Fsp3) is 0.956. The maximum Gasteiger partial charge on any atom is 0.472 e. The van der Waals surface area contributed by atoms with E-state index in [1.54, 1.807) is 0 Å². The van der Waals surface area contributed by atoms with Crippen molar-refractivity contribution in [2.75, 3.05) is 39.6 Å². The third-order valence-electron chi connectivity index (χ3n) is 21.5. The lowest BCUT2D eigenvalue weighted by Crippen LogP contribution is -2.30. The zero-order chi connectivity index (χ0) is 80.4. The molecule has 0 radical (unpaired) electrons. The summed E-state index contributed by atoms with van der Waals surface area (Å²) in [5, 5.41) is 10.7. The molecule has 654 valence electrons. The molecular formula is C91H178O17P2. The molecule has 0 aliphatic carbocycles. The van der Waals surface area contributed by atoms with Crippen molar-refractivity contribution >= 4 is 39.5 Å². The van der Waals surface area contributed by atoms with E-state index in [1.165, 1.54) is 321 Å². The van der Waals surface area contributed by atoms with Crippen molar-refractivity contribution in [3.05, 3.63) is 0 Å². The SMILES string of the molecule is CCCCCCCCCCCCCCCCCCCCCCCCC(=O)O[C@H](COC(=O)CCCCCCCCCCCCCCCCCCCCC(C)C)COP(=O)(O)OC[C@@H](O)COP(=O)(O)OC[C@@H](COC(=O)CCCCCCCCCC)OC(=O)CCCCCCCCCCCCCCCCCCCCC. The summed E-state index contributed by atoms with van der Waals surface area (Å²) in [4.78, 5) is 73.3. The maximum absolute atomic E-state index is 13.2. The first-order valence-corrected chi connectivity index (χ1v) is 50.1. The molecule has 0 aromatic heterocycles. The Bertz CT molecular complexity index is 2080. The van der Waals surface area contributed by atoms with Gasteiger partial charge in [0.2, 0.25) is 0 Å². The van der Waals surface area contributed by atoms with Gasteiger partial charge in [-0.1, -0.05) is 446 Å². The van der Waals surface area contributed by atoms with Crippen molar-refractivity contribution in [1.29, 1.82) is 0 Å². The van der Waals surface area contributed by atoms with Crippen LogP contribution in [0.15, 0.2) is 0 Å². The smallest absolute Gasteiger partial charge is 0.462 e. The quantitative estimate of drug-likeness (QED) is 0.0222. The van der Waals surface area contributed by atoms with E-state index in [1.807, 2.05) is 0 Å². The van der Waals surface area contributed by atoms with Gasteiger partial charge in [-0.25, -0.2) is 9.13 Å². The zero-order valence-corrected chi connectivity index (χ0v) is 74.2. The molecule has 3 N–H and O–H groups in total. The van der Waals surface area contributed by atoms with Gasteiger partial charge in [-0.2, -0.15) is 0 Å². The molecular weight excluding hydrogens is 1430 g/mol. The molecule has 0 heterocycles. The molecule has 0 amide bonds. The number of carbonyl (C=O) groups excluding carboxylic acids is 4. The van der Waals surface area contributed by atoms with Gasteiger partial charge in [0.05, 0.1) is 26.4 Å². The van der Waals surface area contributed by atoms with Crippen LogP contribution in [0.2, 0.25) is 0 Å². The van der Waals surface area contributed by atoms with E-state index in [4.69, 9.17) is 37.0 Å². The minimum atomic E-state index is -4.97. The number of aliphatic hydroxyl groups excluding tert-OH is 1. The maximum atomic E-state index is 13.2. The molecule has 5 atom stereocenters. The molecule has 0 rings (SSSR count). The van der Waals surface area contributed by atoms with E-state index in [2.05, 4.69) is 34.6 Å². The van der Waals surface area contributed by atoms with Crippen LogP contribution in [-0.4, -0.2) is 96.7 Å². The predicted molar refractivity (Wildman–Crippen MR) is 455 cm³/mol. The number of phosphoric ester groups is 2. The van der Waals surface area contributed by atoms with Crippen LogP contribution in [0.25, 0.3) is 0 Å². The molecule has 0 spiro atoms. The molecule has 0 aromatic rings. The van der Waals surface area contributed by atoms with Crippen molar-refractivity contribution in [2.24, 2.45) is 5.92 Å². The Hall–Kier alpha value is -1.94. The molecule has 19 heteroatoms. The van der Waals surface area contributed by atoms with Crippen LogP contribution >= 0.6 is 15.6 Å². The molecule has 0 saturated heterocycles. The van der Waals surface area contributed by atoms with Crippen molar-refractivity contribution in [2.45, 2.75) is 515 Å². The summed E-state index contributed by atoms with van der Waals surface area (Å²) >= 11 is 0. The summed E-state index contributed by atoms with van der Waals surface area (Å²) in [5.41, 5.74) is 0. The first-order chi connectivity index (χ1) is 53.5. The Labute approximate surface area is 677 Å². The normalized spacial score (nSPS) is 13.7. The lowest BCUT2D eigenvalue weighted by atomic mass is 10.0. The molecule has 0 fully saturated rings. The molecule has 0 aromatic carbocycles. The molecule has 110 heavy (non-hydrogen) atoms. The molecule has 0 aliphatic heterocycles. The van der Waals surface area contributed by atoms with Crippen molar-refractivity contribution in [1.82, 2.24) is 0 Å². The lowest BCUT2D eigenvalue weighted by molar-refractivity contribution is -0.161. The van der Waals surface area contributed by atoms with Gasteiger partial charge in [0, 0.05) is 25.7 Å². The van der Waals surface area contributed by atoms with Gasteiger partial charge in [0.15, 0.2) is 12.2 Å². The van der Waals surface area contributed by atoms with Crippen molar-refractivity contribution in [3.63, 3.8) is 0 Å². The summed E-state index contributed by atoms with van der Waals surface area (Å²) in [6, 6.07) is 0. The van der Waals surface area contributed by atoms with Gasteiger partial charge in [-0.05, 0) is 31.6 Å². The van der Waals surface area contributed by atoms with Gasteiger partial charge in [0.25, 0.3) is 0 Å². The number of hydrogen-bond acceptors (Lipinski definition) is 15. The Balaban J connectivity index is 5.16. The monoisotopic (exact) mass is 1610 g/mol. The Morgan fingerprint density at radius 1 is 0.245 bits per heavy atom. The van der Waals surface area contributed by atoms with Crippen LogP contribution < -0.4 is 0 Å². The topological polar surface area (TPSA) is 237 Å². The summed E-state index contributed by atoms with van der Waals surface area (Å²) < 4.78 is 69.0. The average molecular weight is 1610 g/mol. The minimum Gasteiger partial charge on any atom is -0.462 e. The second kappa shape index (κ2) is 83.5. The Morgan fingerprint density at radius 3 is 0.618 bits per heavy atom. The van der Waals surface area contributed by atoms with E-state index in [-0.39, 0.29) is 25.7 Å². The lowest BCUT2D eigenvalue weighted by Gasteiger charge is -2.21. The van der Waals surface area contributed by atoms with Gasteiger partial charge in [-0.3, -0.25) is 37.3 Å². The number of ether oxygens (including phenoxy) is 4. The number of phosphoric acid groups is 2. The van der Waals surface area contributed by atoms with Gasteiger partial charge in [-0.15, -0.1) is 0 Å². The van der Waals surface area contributed by atoms with Crippen LogP contribution in [-0.2, 0) is 65.4 Å². The van der Waals surface area contributed by atoms with E-state index in [9.17, 15) is 43.2 Å². The number of esters is 4. The van der Waals surface area contributed by atoms with Crippen molar-refractivity contribution in [3.8, 4) is 0 Å². The van der Waals surface area contributed by atoms with Crippen LogP contribution in [0, 0.1) is 5.92 Å². The van der Waals surface area contributed by atoms with Gasteiger partial charge in [0.1, 0.15) is 19.3 Å². The van der Waals surface area contributed by atoms with E-state index < -0.39 is 97.5 Å². The fourth-order valence-electron chi connectivity index (χ4n) is 14.4. The Morgan fingerprint density at radius 2 is 0.418 bits per heavy atom. The number of rotatable bonds is 91. The summed E-state index contributed by atoms with van der Waals surface area (Å²) in [6.07, 6.45) is 79.5. The standard InChI is InChI=1S/C91H178O17P2/c1-6-9-12-15-18-21-23-25-27-29-31-32-33-35-41-45-49-53-57-62-67-72-77-91(96)108-87(81-102-89(94)75-70-65-60-55-51-47-43-39-37-36-38-42-46-50-54-58-63-68-73-84(4)5)83-106-110(99,100)104-79-85(92)78-103-109(97,98)105-82-86(80-101-88(93)74-69-64-59-20-17-14-11-8-3)107-90(95)76-71-66-61-56-52-48-44-40-34-30-28-26-24-22-19-16-13-10-7-2/h84-87,92H,6-83H2,1-5H3,(H,97,98)(H,99,100)/t85-,86+,87+/m0/s1. The minimum absolute atomic E-state index is 0.109. The fourth-order valence-corrected chi connectivity index (χ4v) is 15.9. The predicted octanol–water partition coefficient (Wildman–Crippen LogP) is 28.3. The van der Waals surface area contributed by atoms with Gasteiger partial charge >= 0.3 is 39.5 Å². The summed E-state index contributed by atoms with van der Waals surface area (Å²) in [5.74, 6) is -1.27. The van der Waals surface area contributed by atoms with Gasteiger partial charge < -0.3 is 33.8 Å². The molecule has 0 saturated carbocycles. The second-order valence-corrected chi connectivity index (χ2v) is 36.1. The second-order valence-electron chi connectivity index (χ2n) is 33.2. The number of hydrogen-bond donors (Lipinski definition) is 3. The van der Waals surface area contributed by atoms with E-state index in [0.29, 0.717) is 25.7 Å². The highest BCUT2D eigenvalue weighted by Gasteiger charge is 2.31. The summed E-state index contributed by atoms with van der Waals surface area (Å²) in [7, 11) is -9.93. The number of unbranched alkanes of at least 4 members (excludes halogenated alkanes) is 63. The van der Waals surface area contributed by atoms with Crippen LogP contribution in [0.4, 0.5) is 0 Å². The molecule has 17 nitrogen and oxygen atoms in total. The molecule has 0 bridgehead atoms. The molecule has 0 aliphatic rings. The third kappa shape index (κ3) is 84.0. The van der Waals surface area contributed by atoms with Crippen LogP contribution in [0.5, 0.6) is 0 Å². The highest BCUT2D eigenvalue weighted by molar-refractivity contribution is 7.47. The highest BCUT2D eigenvalue weighted by Crippen LogP contribution is 2.45. The first kappa shape index (κ1) is 108. The Kier molecular flexibility index (Phi) is 82.1. The van der Waals surface area contributed by atoms with E-state index in [0.717, 1.165) is 95.8 Å². The number of carbonyl (C=O) groups is 4. The summed E-state index contributed by atoms with van der Waals surface area (Å²) in [6.45, 7) is 7.40. The van der Waals surface area contributed by atoms with Crippen molar-refractivity contribution < 1.29 is 80.2 Å². The highest BCUT2D eigenvalue weighted by atomic mass is 31.2. The third-order valence-corrected chi connectivity index (χ3v) is 23.4. The van der Waals surface area contributed by atoms with Crippen LogP contribution in [0.3, 0.4) is 0 Å². The zero-order valence-electron chi connectivity index (χ0n) is 72.4. The van der Waals surface area contributed by atoms with E-state index >= 15 is 0 Å². The molecule has 2 unspecified atom stereocenters. The average Bonchev–Trinajstić information content (AvgIpc) is 0.899. The van der Waals surface area contributed by atoms with Crippen LogP contribution in [0.1, 0.15) is 497 Å². The number of aliphatic hydroxyl groups is 1.